The summed E-state index contributed by atoms with van der Waals surface area (Å²) in [7, 11) is -4.09. The smallest absolute Gasteiger partial charge is 0.262 e. The normalized spacial score (nSPS) is 11.2. The molecule has 8 heteroatoms. The number of pyridine rings is 1. The van der Waals surface area contributed by atoms with Gasteiger partial charge < -0.3 is 5.32 Å². The monoisotopic (exact) mass is 421 g/mol. The molecule has 0 aliphatic carbocycles. The van der Waals surface area contributed by atoms with Gasteiger partial charge >= 0.3 is 0 Å². The lowest BCUT2D eigenvalue weighted by Gasteiger charge is -2.14. The summed E-state index contributed by atoms with van der Waals surface area (Å²) in [5, 5.41) is 2.87. The number of halogens is 1. The number of aromatic nitrogens is 1. The van der Waals surface area contributed by atoms with Crippen molar-refractivity contribution in [3.63, 3.8) is 0 Å². The van der Waals surface area contributed by atoms with E-state index in [1.54, 1.807) is 48.5 Å². The molecule has 4 rings (SSSR count). The van der Waals surface area contributed by atoms with Crippen molar-refractivity contribution in [2.24, 2.45) is 0 Å². The molecule has 0 fully saturated rings. The maximum absolute atomic E-state index is 14.0. The number of nitrogens with one attached hydrogen (secondary N) is 2. The van der Waals surface area contributed by atoms with Crippen LogP contribution in [0.15, 0.2) is 90.0 Å². The van der Waals surface area contributed by atoms with Gasteiger partial charge in [-0.15, -0.1) is 0 Å². The number of benzene rings is 3. The number of carbonyl (C=O) groups is 1. The zero-order chi connectivity index (χ0) is 21.1. The van der Waals surface area contributed by atoms with Crippen molar-refractivity contribution in [1.29, 1.82) is 0 Å². The largest absolute Gasteiger partial charge is 0.320 e. The molecule has 1 amide bonds. The lowest BCUT2D eigenvalue weighted by atomic mass is 10.2. The van der Waals surface area contributed by atoms with Gasteiger partial charge in [-0.3, -0.25) is 14.5 Å². The fraction of sp³-hybridized carbons (Fsp3) is 0. The predicted octanol–water partition coefficient (Wildman–Crippen LogP) is 4.43. The third-order valence-corrected chi connectivity index (χ3v) is 5.85. The highest BCUT2D eigenvalue weighted by Gasteiger charge is 2.21. The number of hydrogen-bond acceptors (Lipinski definition) is 4. The van der Waals surface area contributed by atoms with E-state index in [-0.39, 0.29) is 27.4 Å². The molecule has 0 atom stereocenters. The second-order valence-electron chi connectivity index (χ2n) is 6.42. The minimum atomic E-state index is -4.09. The predicted molar refractivity (Wildman–Crippen MR) is 113 cm³/mol. The van der Waals surface area contributed by atoms with Crippen molar-refractivity contribution < 1.29 is 17.6 Å². The third-order valence-electron chi connectivity index (χ3n) is 4.43. The lowest BCUT2D eigenvalue weighted by molar-refractivity contribution is 0.102. The molecule has 1 heterocycles. The van der Waals surface area contributed by atoms with Crippen LogP contribution in [0.3, 0.4) is 0 Å². The van der Waals surface area contributed by atoms with Crippen LogP contribution < -0.4 is 10.0 Å². The molecule has 150 valence electrons. The molecule has 0 aliphatic heterocycles. The topological polar surface area (TPSA) is 88.2 Å². The van der Waals surface area contributed by atoms with E-state index in [1.807, 2.05) is 0 Å². The molecule has 3 aromatic carbocycles. The Kier molecular flexibility index (Phi) is 5.16. The minimum absolute atomic E-state index is 0.0361. The van der Waals surface area contributed by atoms with Crippen LogP contribution >= 0.6 is 0 Å². The maximum Gasteiger partial charge on any atom is 0.262 e. The van der Waals surface area contributed by atoms with Gasteiger partial charge in [0.1, 0.15) is 11.3 Å². The first-order chi connectivity index (χ1) is 14.5. The standard InChI is InChI=1S/C22H16FN3O3S/c23-17-12-13-20(16-9-6-14-24-21(16)17)30(28,29)26-19-11-5-4-10-18(19)25-22(27)15-7-2-1-3-8-15/h1-14,26H,(H,25,27). The molecular formula is C22H16FN3O3S. The van der Waals surface area contributed by atoms with E-state index in [0.717, 1.165) is 6.07 Å². The van der Waals surface area contributed by atoms with E-state index in [1.165, 1.54) is 30.5 Å². The Balaban J connectivity index is 1.69. The number of fused-ring (bicyclic) bond motifs is 1. The van der Waals surface area contributed by atoms with Crippen LogP contribution in [0.4, 0.5) is 15.8 Å². The van der Waals surface area contributed by atoms with E-state index in [0.29, 0.717) is 11.3 Å². The molecule has 30 heavy (non-hydrogen) atoms. The molecule has 0 spiro atoms. The third kappa shape index (κ3) is 3.85. The van der Waals surface area contributed by atoms with Crippen LogP contribution in [0, 0.1) is 5.82 Å². The Bertz CT molecular complexity index is 1340. The van der Waals surface area contributed by atoms with Gasteiger partial charge in [0.25, 0.3) is 15.9 Å². The summed E-state index contributed by atoms with van der Waals surface area (Å²) in [5.41, 5.74) is 0.874. The van der Waals surface area contributed by atoms with Crippen molar-refractivity contribution in [2.45, 2.75) is 4.90 Å². The fourth-order valence-electron chi connectivity index (χ4n) is 3.01. The lowest BCUT2D eigenvalue weighted by Crippen LogP contribution is -2.17. The van der Waals surface area contributed by atoms with E-state index >= 15 is 0 Å². The highest BCUT2D eigenvalue weighted by Crippen LogP contribution is 2.29. The molecular weight excluding hydrogens is 405 g/mol. The van der Waals surface area contributed by atoms with E-state index < -0.39 is 15.8 Å². The van der Waals surface area contributed by atoms with Gasteiger partial charge in [0.15, 0.2) is 0 Å². The highest BCUT2D eigenvalue weighted by atomic mass is 32.2. The van der Waals surface area contributed by atoms with Gasteiger partial charge in [0.05, 0.1) is 16.3 Å². The average molecular weight is 421 g/mol. The van der Waals surface area contributed by atoms with Crippen LogP contribution in [-0.4, -0.2) is 19.3 Å². The summed E-state index contributed by atoms with van der Waals surface area (Å²) >= 11 is 0. The number of sulfonamides is 1. The number of rotatable bonds is 5. The van der Waals surface area contributed by atoms with Crippen LogP contribution in [0.5, 0.6) is 0 Å². The zero-order valence-corrected chi connectivity index (χ0v) is 16.4. The van der Waals surface area contributed by atoms with E-state index in [4.69, 9.17) is 0 Å². The molecule has 1 aromatic heterocycles. The first-order valence-corrected chi connectivity index (χ1v) is 10.5. The van der Waals surface area contributed by atoms with Crippen LogP contribution in [0.1, 0.15) is 10.4 Å². The molecule has 0 saturated carbocycles. The SMILES string of the molecule is O=C(Nc1ccccc1NS(=O)(=O)c1ccc(F)c2ncccc12)c1ccccc1. The Morgan fingerprint density at radius 3 is 2.30 bits per heavy atom. The summed E-state index contributed by atoms with van der Waals surface area (Å²) in [5.74, 6) is -0.987. The van der Waals surface area contributed by atoms with Crippen LogP contribution in [0.25, 0.3) is 10.9 Å². The first-order valence-electron chi connectivity index (χ1n) is 8.97. The number of amides is 1. The molecule has 0 bridgehead atoms. The molecule has 4 aromatic rings. The molecule has 0 radical (unpaired) electrons. The Morgan fingerprint density at radius 2 is 1.53 bits per heavy atom. The van der Waals surface area contributed by atoms with E-state index in [9.17, 15) is 17.6 Å². The fourth-order valence-corrected chi connectivity index (χ4v) is 4.29. The summed E-state index contributed by atoms with van der Waals surface area (Å²) < 4.78 is 42.6. The number of carbonyl (C=O) groups excluding carboxylic acids is 1. The molecule has 0 saturated heterocycles. The van der Waals surface area contributed by atoms with Gasteiger partial charge in [0.2, 0.25) is 0 Å². The summed E-state index contributed by atoms with van der Waals surface area (Å²) in [6, 6.07) is 20.3. The maximum atomic E-state index is 14.0. The second-order valence-corrected chi connectivity index (χ2v) is 8.07. The highest BCUT2D eigenvalue weighted by molar-refractivity contribution is 7.93. The zero-order valence-electron chi connectivity index (χ0n) is 15.5. The molecule has 0 unspecified atom stereocenters. The van der Waals surface area contributed by atoms with Gasteiger partial charge in [-0.1, -0.05) is 30.3 Å². The van der Waals surface area contributed by atoms with Crippen molar-refractivity contribution in [2.75, 3.05) is 10.0 Å². The first kappa shape index (κ1) is 19.5. The quantitative estimate of drug-likeness (QED) is 0.499. The average Bonchev–Trinajstić information content (AvgIpc) is 2.76. The second kappa shape index (κ2) is 7.92. The Hall–Kier alpha value is -3.78. The molecule has 2 N–H and O–H groups in total. The molecule has 0 aliphatic rings. The molecule has 6 nitrogen and oxygen atoms in total. The minimum Gasteiger partial charge on any atom is -0.320 e. The van der Waals surface area contributed by atoms with Crippen LogP contribution in [-0.2, 0) is 10.0 Å². The van der Waals surface area contributed by atoms with Crippen molar-refractivity contribution in [3.8, 4) is 0 Å². The van der Waals surface area contributed by atoms with Crippen molar-refractivity contribution >= 4 is 38.2 Å². The summed E-state index contributed by atoms with van der Waals surface area (Å²) in [6.07, 6.45) is 1.39. The van der Waals surface area contributed by atoms with Gasteiger partial charge in [-0.05, 0) is 48.5 Å². The van der Waals surface area contributed by atoms with E-state index in [2.05, 4.69) is 15.0 Å². The number of para-hydroxylation sites is 2. The summed E-state index contributed by atoms with van der Waals surface area (Å²) in [6.45, 7) is 0. The summed E-state index contributed by atoms with van der Waals surface area (Å²) in [4.78, 5) is 16.3. The van der Waals surface area contributed by atoms with Crippen molar-refractivity contribution in [1.82, 2.24) is 4.98 Å². The number of nitrogens with zero attached hydrogens (tertiary/aromatic N) is 1. The number of anilines is 2. The van der Waals surface area contributed by atoms with Crippen LogP contribution in [0.2, 0.25) is 0 Å². The van der Waals surface area contributed by atoms with Crippen molar-refractivity contribution in [3.05, 3.63) is 96.4 Å². The number of hydrogen-bond donors (Lipinski definition) is 2. The van der Waals surface area contributed by atoms with Gasteiger partial charge in [-0.2, -0.15) is 0 Å². The Labute approximate surface area is 172 Å². The Morgan fingerprint density at radius 1 is 0.833 bits per heavy atom. The van der Waals surface area contributed by atoms with Gasteiger partial charge in [-0.25, -0.2) is 12.8 Å². The van der Waals surface area contributed by atoms with Gasteiger partial charge in [0, 0.05) is 17.1 Å².